The van der Waals surface area contributed by atoms with Crippen molar-refractivity contribution in [2.45, 2.75) is 25.8 Å². The summed E-state index contributed by atoms with van der Waals surface area (Å²) in [5.41, 5.74) is 0.591. The van der Waals surface area contributed by atoms with Gasteiger partial charge in [0.15, 0.2) is 5.65 Å². The van der Waals surface area contributed by atoms with Crippen LogP contribution in [0, 0.1) is 5.82 Å². The maximum atomic E-state index is 13.0. The van der Waals surface area contributed by atoms with Crippen molar-refractivity contribution in [3.05, 3.63) is 24.1 Å². The highest BCUT2D eigenvalue weighted by Gasteiger charge is 2.09. The van der Waals surface area contributed by atoms with Crippen LogP contribution in [0.25, 0.3) is 5.65 Å². The summed E-state index contributed by atoms with van der Waals surface area (Å²) in [6.45, 7) is 2.14. The molecule has 0 aliphatic carbocycles. The van der Waals surface area contributed by atoms with Crippen LogP contribution in [0.3, 0.4) is 0 Å². The number of aliphatic hydroxyl groups is 1. The molecule has 0 aliphatic heterocycles. The van der Waals surface area contributed by atoms with Gasteiger partial charge in [0, 0.05) is 12.6 Å². The summed E-state index contributed by atoms with van der Waals surface area (Å²) in [6, 6.07) is 3.04. The van der Waals surface area contributed by atoms with Crippen LogP contribution in [0.2, 0.25) is 0 Å². The van der Waals surface area contributed by atoms with E-state index in [1.165, 1.54) is 16.8 Å². The van der Waals surface area contributed by atoms with E-state index in [4.69, 9.17) is 5.11 Å². The third kappa shape index (κ3) is 2.71. The summed E-state index contributed by atoms with van der Waals surface area (Å²) in [4.78, 5) is 4.22. The fourth-order valence-electron chi connectivity index (χ4n) is 1.64. The van der Waals surface area contributed by atoms with E-state index < -0.39 is 0 Å². The first kappa shape index (κ1) is 11.8. The van der Waals surface area contributed by atoms with Gasteiger partial charge in [-0.25, -0.2) is 8.91 Å². The van der Waals surface area contributed by atoms with Crippen LogP contribution in [0.5, 0.6) is 0 Å². The minimum atomic E-state index is -0.351. The Bertz CT molecular complexity index is 499. The molecule has 1 atom stereocenters. The van der Waals surface area contributed by atoms with Crippen LogP contribution in [-0.4, -0.2) is 32.4 Å². The maximum absolute atomic E-state index is 13.0. The zero-order chi connectivity index (χ0) is 12.3. The first-order chi connectivity index (χ1) is 8.22. The highest BCUT2D eigenvalue weighted by molar-refractivity contribution is 5.43. The molecule has 6 heteroatoms. The number of hydrogen-bond donors (Lipinski definition) is 2. The molecule has 0 bridgehead atoms. The van der Waals surface area contributed by atoms with Gasteiger partial charge in [-0.15, -0.1) is 5.10 Å². The number of fused-ring (bicyclic) bond motifs is 1. The molecular formula is C11H15FN4O. The second kappa shape index (κ2) is 5.09. The number of aliphatic hydroxyl groups excluding tert-OH is 1. The van der Waals surface area contributed by atoms with E-state index in [-0.39, 0.29) is 18.5 Å². The Morgan fingerprint density at radius 2 is 2.35 bits per heavy atom. The highest BCUT2D eigenvalue weighted by atomic mass is 19.1. The van der Waals surface area contributed by atoms with Crippen molar-refractivity contribution in [3.63, 3.8) is 0 Å². The number of rotatable bonds is 5. The molecule has 2 aromatic heterocycles. The topological polar surface area (TPSA) is 62.5 Å². The number of hydrogen-bond acceptors (Lipinski definition) is 4. The fraction of sp³-hybridized carbons (Fsp3) is 0.455. The number of anilines is 1. The summed E-state index contributed by atoms with van der Waals surface area (Å²) >= 11 is 0. The molecule has 0 saturated heterocycles. The largest absolute Gasteiger partial charge is 0.396 e. The van der Waals surface area contributed by atoms with Gasteiger partial charge < -0.3 is 10.4 Å². The number of pyridine rings is 1. The van der Waals surface area contributed by atoms with Crippen LogP contribution in [0.15, 0.2) is 18.3 Å². The van der Waals surface area contributed by atoms with Crippen LogP contribution in [0.1, 0.15) is 19.8 Å². The highest BCUT2D eigenvalue weighted by Crippen LogP contribution is 2.10. The molecule has 2 N–H and O–H groups in total. The molecule has 5 nitrogen and oxygen atoms in total. The number of halogens is 1. The Morgan fingerprint density at radius 3 is 3.06 bits per heavy atom. The van der Waals surface area contributed by atoms with Crippen LogP contribution < -0.4 is 5.32 Å². The Morgan fingerprint density at radius 1 is 1.53 bits per heavy atom. The molecule has 0 aromatic carbocycles. The zero-order valence-electron chi connectivity index (χ0n) is 9.60. The van der Waals surface area contributed by atoms with Crippen molar-refractivity contribution >= 4 is 11.6 Å². The second-order valence-corrected chi connectivity index (χ2v) is 3.85. The Hall–Kier alpha value is -1.69. The molecule has 17 heavy (non-hydrogen) atoms. The Balaban J connectivity index is 2.18. The van der Waals surface area contributed by atoms with Crippen molar-refractivity contribution in [3.8, 4) is 0 Å². The molecule has 0 radical (unpaired) electrons. The molecule has 2 rings (SSSR count). The van der Waals surface area contributed by atoms with E-state index >= 15 is 0 Å². The Kier molecular flexibility index (Phi) is 3.53. The molecule has 0 saturated carbocycles. The van der Waals surface area contributed by atoms with Gasteiger partial charge in [-0.2, -0.15) is 4.98 Å². The molecule has 0 amide bonds. The van der Waals surface area contributed by atoms with Crippen molar-refractivity contribution in [2.24, 2.45) is 0 Å². The SMILES string of the molecule is CCC(CCO)Nc1nc2ccc(F)cn2n1. The normalized spacial score (nSPS) is 12.9. The summed E-state index contributed by atoms with van der Waals surface area (Å²) < 4.78 is 14.3. The van der Waals surface area contributed by atoms with Gasteiger partial charge in [0.05, 0.1) is 6.20 Å². The minimum Gasteiger partial charge on any atom is -0.396 e. The summed E-state index contributed by atoms with van der Waals surface area (Å²) in [5, 5.41) is 16.1. The standard InChI is InChI=1S/C11H15FN4O/c1-2-9(5-6-17)13-11-14-10-4-3-8(12)7-16(10)15-11/h3-4,7,9,17H,2,5-6H2,1H3,(H,13,15). The summed E-state index contributed by atoms with van der Waals surface area (Å²) in [7, 11) is 0. The molecule has 0 fully saturated rings. The predicted octanol–water partition coefficient (Wildman–Crippen LogP) is 1.44. The third-order valence-corrected chi connectivity index (χ3v) is 2.60. The molecule has 2 heterocycles. The van der Waals surface area contributed by atoms with Gasteiger partial charge in [0.25, 0.3) is 0 Å². The zero-order valence-corrected chi connectivity index (χ0v) is 9.60. The van der Waals surface area contributed by atoms with Crippen molar-refractivity contribution in [1.82, 2.24) is 14.6 Å². The van der Waals surface area contributed by atoms with Gasteiger partial charge in [-0.1, -0.05) is 6.92 Å². The molecule has 92 valence electrons. The van der Waals surface area contributed by atoms with Crippen LogP contribution in [-0.2, 0) is 0 Å². The van der Waals surface area contributed by atoms with E-state index in [1.54, 1.807) is 6.07 Å². The van der Waals surface area contributed by atoms with Crippen molar-refractivity contribution in [2.75, 3.05) is 11.9 Å². The van der Waals surface area contributed by atoms with Gasteiger partial charge in [0.1, 0.15) is 5.82 Å². The number of nitrogens with one attached hydrogen (secondary N) is 1. The molecule has 1 unspecified atom stereocenters. The lowest BCUT2D eigenvalue weighted by Crippen LogP contribution is -2.20. The van der Waals surface area contributed by atoms with E-state index in [2.05, 4.69) is 15.4 Å². The first-order valence-corrected chi connectivity index (χ1v) is 5.62. The van der Waals surface area contributed by atoms with Gasteiger partial charge in [0.2, 0.25) is 5.95 Å². The minimum absolute atomic E-state index is 0.119. The van der Waals surface area contributed by atoms with E-state index in [0.717, 1.165) is 6.42 Å². The molecule has 0 spiro atoms. The lowest BCUT2D eigenvalue weighted by atomic mass is 10.2. The first-order valence-electron chi connectivity index (χ1n) is 5.62. The van der Waals surface area contributed by atoms with E-state index in [9.17, 15) is 4.39 Å². The monoisotopic (exact) mass is 238 g/mol. The molecule has 2 aromatic rings. The average molecular weight is 238 g/mol. The van der Waals surface area contributed by atoms with E-state index in [1.807, 2.05) is 6.92 Å². The average Bonchev–Trinajstić information content (AvgIpc) is 2.69. The molecule has 0 aliphatic rings. The fourth-order valence-corrected chi connectivity index (χ4v) is 1.64. The molecular weight excluding hydrogens is 223 g/mol. The number of nitrogens with zero attached hydrogens (tertiary/aromatic N) is 3. The van der Waals surface area contributed by atoms with Crippen molar-refractivity contribution < 1.29 is 9.50 Å². The summed E-state index contributed by atoms with van der Waals surface area (Å²) in [6.07, 6.45) is 2.78. The van der Waals surface area contributed by atoms with Crippen LogP contribution in [0.4, 0.5) is 10.3 Å². The van der Waals surface area contributed by atoms with Gasteiger partial charge >= 0.3 is 0 Å². The predicted molar refractivity (Wildman–Crippen MR) is 62.3 cm³/mol. The van der Waals surface area contributed by atoms with Gasteiger partial charge in [-0.3, -0.25) is 0 Å². The lowest BCUT2D eigenvalue weighted by molar-refractivity contribution is 0.278. The van der Waals surface area contributed by atoms with Crippen LogP contribution >= 0.6 is 0 Å². The van der Waals surface area contributed by atoms with Gasteiger partial charge in [-0.05, 0) is 25.0 Å². The third-order valence-electron chi connectivity index (χ3n) is 2.60. The quantitative estimate of drug-likeness (QED) is 0.827. The lowest BCUT2D eigenvalue weighted by Gasteiger charge is -2.13. The Labute approximate surface area is 98.3 Å². The number of aromatic nitrogens is 3. The van der Waals surface area contributed by atoms with E-state index in [0.29, 0.717) is 18.0 Å². The maximum Gasteiger partial charge on any atom is 0.243 e. The smallest absolute Gasteiger partial charge is 0.243 e. The second-order valence-electron chi connectivity index (χ2n) is 3.85. The summed E-state index contributed by atoms with van der Waals surface area (Å²) in [5.74, 6) is 0.104. The van der Waals surface area contributed by atoms with Crippen molar-refractivity contribution in [1.29, 1.82) is 0 Å².